The van der Waals surface area contributed by atoms with E-state index in [1.54, 1.807) is 16.7 Å². The van der Waals surface area contributed by atoms with E-state index in [2.05, 4.69) is 10.3 Å². The number of nitrogens with zero attached hydrogens (tertiary/aromatic N) is 2. The maximum Gasteiger partial charge on any atom is 0.274 e. The molecule has 1 amide bonds. The van der Waals surface area contributed by atoms with Crippen molar-refractivity contribution in [2.24, 2.45) is 0 Å². The highest BCUT2D eigenvalue weighted by atomic mass is 19.1. The molecule has 2 atom stereocenters. The van der Waals surface area contributed by atoms with Crippen LogP contribution < -0.4 is 5.32 Å². The van der Waals surface area contributed by atoms with Gasteiger partial charge in [0.2, 0.25) is 0 Å². The van der Waals surface area contributed by atoms with E-state index in [1.807, 2.05) is 37.3 Å². The van der Waals surface area contributed by atoms with Gasteiger partial charge in [-0.2, -0.15) is 0 Å². The van der Waals surface area contributed by atoms with Crippen LogP contribution in [-0.4, -0.2) is 32.3 Å². The van der Waals surface area contributed by atoms with E-state index < -0.39 is 17.8 Å². The molecule has 4 aromatic rings. The Morgan fingerprint density at radius 2 is 2.00 bits per heavy atom. The number of amides is 1. The van der Waals surface area contributed by atoms with Gasteiger partial charge in [0.1, 0.15) is 17.2 Å². The van der Waals surface area contributed by atoms with Crippen LogP contribution in [0, 0.1) is 12.7 Å². The average molecular weight is 443 g/mol. The quantitative estimate of drug-likeness (QED) is 0.451. The molecule has 0 aliphatic heterocycles. The summed E-state index contributed by atoms with van der Waals surface area (Å²) in [5.41, 5.74) is 4.01. The molecule has 2 aromatic carbocycles. The molecular formula is C26H22FN3O3. The van der Waals surface area contributed by atoms with E-state index in [0.717, 1.165) is 16.7 Å². The molecule has 2 N–H and O–H groups in total. The van der Waals surface area contributed by atoms with Crippen molar-refractivity contribution in [3.8, 4) is 0 Å². The summed E-state index contributed by atoms with van der Waals surface area (Å²) in [6, 6.07) is 15.3. The number of rotatable bonds is 5. The molecule has 2 aromatic heterocycles. The predicted octanol–water partition coefficient (Wildman–Crippen LogP) is 4.31. The second-order valence-electron chi connectivity index (χ2n) is 8.43. The van der Waals surface area contributed by atoms with Crippen LogP contribution in [0.1, 0.15) is 49.9 Å². The third kappa shape index (κ3) is 3.91. The fourth-order valence-corrected chi connectivity index (χ4v) is 4.46. The number of aryl methyl sites for hydroxylation is 1. The van der Waals surface area contributed by atoms with Gasteiger partial charge in [0.25, 0.3) is 5.91 Å². The van der Waals surface area contributed by atoms with Crippen LogP contribution in [0.25, 0.3) is 5.65 Å². The van der Waals surface area contributed by atoms with Crippen molar-refractivity contribution in [3.05, 3.63) is 101 Å². The number of carbonyl (C=O) groups excluding carboxylic acids is 2. The molecule has 1 aliphatic rings. The average Bonchev–Trinajstić information content (AvgIpc) is 3.35. The molecule has 0 unspecified atom stereocenters. The zero-order valence-corrected chi connectivity index (χ0v) is 18.0. The summed E-state index contributed by atoms with van der Waals surface area (Å²) in [6.45, 7) is 1.90. The molecule has 0 bridgehead atoms. The molecule has 0 radical (unpaired) electrons. The normalized spacial score (nSPS) is 17.2. The zero-order valence-electron chi connectivity index (χ0n) is 18.0. The zero-order chi connectivity index (χ0) is 23.1. The van der Waals surface area contributed by atoms with Crippen molar-refractivity contribution in [3.63, 3.8) is 0 Å². The highest BCUT2D eigenvalue weighted by molar-refractivity contribution is 6.05. The number of imidazole rings is 1. The van der Waals surface area contributed by atoms with Gasteiger partial charge in [-0.1, -0.05) is 30.3 Å². The van der Waals surface area contributed by atoms with E-state index in [4.69, 9.17) is 0 Å². The van der Waals surface area contributed by atoms with E-state index >= 15 is 0 Å². The van der Waals surface area contributed by atoms with Gasteiger partial charge in [0.15, 0.2) is 5.78 Å². The Hall–Kier alpha value is -3.84. The Labute approximate surface area is 189 Å². The number of pyridine rings is 1. The van der Waals surface area contributed by atoms with Crippen molar-refractivity contribution >= 4 is 23.0 Å². The van der Waals surface area contributed by atoms with Crippen LogP contribution in [0.5, 0.6) is 0 Å². The van der Waals surface area contributed by atoms with Crippen molar-refractivity contribution in [1.29, 1.82) is 0 Å². The summed E-state index contributed by atoms with van der Waals surface area (Å²) in [5.74, 6) is -1.71. The SMILES string of the molecule is Cc1ccc2ncc(C(=O)Nc3cc(C(=O)C[C@@H]4c5ccccc5C[C@@H]4O)ccc3F)n2c1. The van der Waals surface area contributed by atoms with Gasteiger partial charge >= 0.3 is 0 Å². The number of aliphatic hydroxyl groups excluding tert-OH is 1. The lowest BCUT2D eigenvalue weighted by molar-refractivity contribution is 0.0920. The van der Waals surface area contributed by atoms with Gasteiger partial charge in [0, 0.05) is 24.1 Å². The first-order chi connectivity index (χ1) is 15.9. The molecule has 2 heterocycles. The Kier molecular flexibility index (Phi) is 5.26. The van der Waals surface area contributed by atoms with Crippen LogP contribution in [0.4, 0.5) is 10.1 Å². The molecule has 7 heteroatoms. The molecule has 1 aliphatic carbocycles. The van der Waals surface area contributed by atoms with Gasteiger partial charge in [0.05, 0.1) is 18.0 Å². The van der Waals surface area contributed by atoms with Gasteiger partial charge in [-0.3, -0.25) is 14.0 Å². The third-order valence-corrected chi connectivity index (χ3v) is 6.18. The largest absolute Gasteiger partial charge is 0.392 e. The lowest BCUT2D eigenvalue weighted by Gasteiger charge is -2.15. The molecule has 0 spiro atoms. The smallest absolute Gasteiger partial charge is 0.274 e. The minimum absolute atomic E-state index is 0.0826. The number of nitrogens with one attached hydrogen (secondary N) is 1. The number of carbonyl (C=O) groups is 2. The van der Waals surface area contributed by atoms with Crippen LogP contribution in [0.15, 0.2) is 67.0 Å². The van der Waals surface area contributed by atoms with E-state index in [-0.39, 0.29) is 35.1 Å². The van der Waals surface area contributed by atoms with E-state index in [1.165, 1.54) is 24.4 Å². The van der Waals surface area contributed by atoms with Crippen LogP contribution in [-0.2, 0) is 6.42 Å². The van der Waals surface area contributed by atoms with Crippen molar-refractivity contribution in [1.82, 2.24) is 9.38 Å². The lowest BCUT2D eigenvalue weighted by atomic mass is 9.91. The van der Waals surface area contributed by atoms with Gasteiger partial charge in [-0.05, 0) is 54.3 Å². The van der Waals surface area contributed by atoms with E-state index in [0.29, 0.717) is 12.1 Å². The van der Waals surface area contributed by atoms with Crippen molar-refractivity contribution < 1.29 is 19.1 Å². The third-order valence-electron chi connectivity index (χ3n) is 6.18. The number of aromatic nitrogens is 2. The molecule has 6 nitrogen and oxygen atoms in total. The first-order valence-corrected chi connectivity index (χ1v) is 10.7. The summed E-state index contributed by atoms with van der Waals surface area (Å²) in [7, 11) is 0. The summed E-state index contributed by atoms with van der Waals surface area (Å²) in [6.07, 6.45) is 3.18. The maximum atomic E-state index is 14.5. The number of Topliss-reactive ketones (excluding diaryl/α,β-unsaturated/α-hetero) is 1. The Morgan fingerprint density at radius 3 is 2.85 bits per heavy atom. The minimum Gasteiger partial charge on any atom is -0.392 e. The Morgan fingerprint density at radius 1 is 1.18 bits per heavy atom. The van der Waals surface area contributed by atoms with Crippen LogP contribution >= 0.6 is 0 Å². The summed E-state index contributed by atoms with van der Waals surface area (Å²) in [5, 5.41) is 13.0. The van der Waals surface area contributed by atoms with Crippen LogP contribution in [0.2, 0.25) is 0 Å². The number of halogens is 1. The molecule has 33 heavy (non-hydrogen) atoms. The monoisotopic (exact) mass is 443 g/mol. The van der Waals surface area contributed by atoms with E-state index in [9.17, 15) is 19.1 Å². The second-order valence-corrected chi connectivity index (χ2v) is 8.43. The fraction of sp³-hybridized carbons (Fsp3) is 0.192. The van der Waals surface area contributed by atoms with Crippen molar-refractivity contribution in [2.45, 2.75) is 31.8 Å². The summed E-state index contributed by atoms with van der Waals surface area (Å²) < 4.78 is 16.1. The highest BCUT2D eigenvalue weighted by Crippen LogP contribution is 2.36. The first kappa shape index (κ1) is 21.0. The van der Waals surface area contributed by atoms with Gasteiger partial charge in [-0.25, -0.2) is 9.37 Å². The molecule has 0 saturated heterocycles. The molecule has 5 rings (SSSR count). The predicted molar refractivity (Wildman–Crippen MR) is 122 cm³/mol. The molecular weight excluding hydrogens is 421 g/mol. The lowest BCUT2D eigenvalue weighted by Crippen LogP contribution is -2.18. The number of anilines is 1. The number of hydrogen-bond donors (Lipinski definition) is 2. The molecule has 0 fully saturated rings. The highest BCUT2D eigenvalue weighted by Gasteiger charge is 2.32. The number of hydrogen-bond acceptors (Lipinski definition) is 4. The summed E-state index contributed by atoms with van der Waals surface area (Å²) in [4.78, 5) is 30.0. The van der Waals surface area contributed by atoms with Crippen molar-refractivity contribution in [2.75, 3.05) is 5.32 Å². The minimum atomic E-state index is -0.642. The number of aliphatic hydroxyl groups is 1. The summed E-state index contributed by atoms with van der Waals surface area (Å²) >= 11 is 0. The Balaban J connectivity index is 1.37. The second kappa shape index (κ2) is 8.26. The van der Waals surface area contributed by atoms with Gasteiger partial charge in [-0.15, -0.1) is 0 Å². The molecule has 0 saturated carbocycles. The standard InChI is InChI=1S/C26H22FN3O3/c1-15-6-9-25-28-13-22(30(25)14-15)26(33)29-21-10-17(7-8-20(21)27)23(31)12-19-18-5-3-2-4-16(18)11-24(19)32/h2-10,13-14,19,24,32H,11-12H2,1H3,(H,29,33)/t19-,24+/m1/s1. The fourth-order valence-electron chi connectivity index (χ4n) is 4.46. The number of fused-ring (bicyclic) bond motifs is 2. The van der Waals surface area contributed by atoms with Gasteiger partial charge < -0.3 is 10.4 Å². The maximum absolute atomic E-state index is 14.5. The topological polar surface area (TPSA) is 83.7 Å². The number of benzene rings is 2. The van der Waals surface area contributed by atoms with Crippen LogP contribution in [0.3, 0.4) is 0 Å². The first-order valence-electron chi connectivity index (χ1n) is 10.7. The number of ketones is 1. The Bertz CT molecular complexity index is 1390. The molecule has 166 valence electrons.